The van der Waals surface area contributed by atoms with Crippen LogP contribution in [0.3, 0.4) is 0 Å². The molecule has 0 amide bonds. The van der Waals surface area contributed by atoms with Crippen molar-refractivity contribution < 1.29 is 5.11 Å². The van der Waals surface area contributed by atoms with Gasteiger partial charge in [-0.2, -0.15) is 0 Å². The summed E-state index contributed by atoms with van der Waals surface area (Å²) in [4.78, 5) is 0. The van der Waals surface area contributed by atoms with E-state index in [4.69, 9.17) is 0 Å². The lowest BCUT2D eigenvalue weighted by Crippen LogP contribution is -2.49. The Hall–Kier alpha value is -0.0400. The van der Waals surface area contributed by atoms with Crippen molar-refractivity contribution in [2.45, 2.75) is 72.3 Å². The smallest absolute Gasteiger partial charge is 0.0604 e. The van der Waals surface area contributed by atoms with Crippen LogP contribution in [0.5, 0.6) is 0 Å². The normalized spacial score (nSPS) is 58.7. The summed E-state index contributed by atoms with van der Waals surface area (Å²) in [6, 6.07) is 0. The first kappa shape index (κ1) is 11.1. The molecule has 1 heteroatoms. The van der Waals surface area contributed by atoms with Crippen LogP contribution in [-0.4, -0.2) is 11.2 Å². The molecular weight excluding hydrogens is 196 g/mol. The van der Waals surface area contributed by atoms with E-state index in [0.29, 0.717) is 16.2 Å². The summed E-state index contributed by atoms with van der Waals surface area (Å²) in [5.41, 5.74) is 1.44. The van der Waals surface area contributed by atoms with E-state index in [-0.39, 0.29) is 11.5 Å². The minimum Gasteiger partial charge on any atom is -0.393 e. The molecule has 0 radical (unpaired) electrons. The molecule has 0 saturated heterocycles. The summed E-state index contributed by atoms with van der Waals surface area (Å²) in [5.74, 6) is 0. The van der Waals surface area contributed by atoms with Gasteiger partial charge < -0.3 is 5.11 Å². The molecule has 0 unspecified atom stereocenters. The van der Waals surface area contributed by atoms with E-state index < -0.39 is 0 Å². The highest BCUT2D eigenvalue weighted by Gasteiger charge is 2.75. The van der Waals surface area contributed by atoms with E-state index in [1.165, 1.54) is 32.1 Å². The number of aliphatic hydroxyl groups excluding tert-OH is 1. The Kier molecular flexibility index (Phi) is 1.86. The summed E-state index contributed by atoms with van der Waals surface area (Å²) in [6.07, 6.45) is 7.65. The number of hydrogen-bond donors (Lipinski definition) is 1. The summed E-state index contributed by atoms with van der Waals surface area (Å²) in [7, 11) is 0. The van der Waals surface area contributed by atoms with Gasteiger partial charge in [0.05, 0.1) is 6.10 Å². The van der Waals surface area contributed by atoms with Gasteiger partial charge >= 0.3 is 0 Å². The van der Waals surface area contributed by atoms with Crippen LogP contribution in [0.2, 0.25) is 0 Å². The molecule has 3 fully saturated rings. The second-order valence-corrected chi connectivity index (χ2v) is 7.79. The van der Waals surface area contributed by atoms with Crippen molar-refractivity contribution in [2.24, 2.45) is 21.7 Å². The van der Waals surface area contributed by atoms with Gasteiger partial charge in [-0.05, 0) is 53.8 Å². The molecule has 1 N–H and O–H groups in total. The number of hydrogen-bond acceptors (Lipinski definition) is 1. The van der Waals surface area contributed by atoms with E-state index in [0.717, 1.165) is 6.42 Å². The highest BCUT2D eigenvalue weighted by atomic mass is 16.3. The highest BCUT2D eigenvalue weighted by molar-refractivity contribution is 5.24. The molecule has 16 heavy (non-hydrogen) atoms. The molecule has 0 aromatic heterocycles. The van der Waals surface area contributed by atoms with Gasteiger partial charge in [0.1, 0.15) is 0 Å². The van der Waals surface area contributed by atoms with Gasteiger partial charge in [-0.15, -0.1) is 0 Å². The topological polar surface area (TPSA) is 20.2 Å². The number of rotatable bonds is 0. The molecule has 4 atom stereocenters. The molecule has 3 aliphatic rings. The van der Waals surface area contributed by atoms with Crippen molar-refractivity contribution in [3.05, 3.63) is 0 Å². The van der Waals surface area contributed by atoms with Crippen LogP contribution in [0.25, 0.3) is 0 Å². The average molecular weight is 222 g/mol. The summed E-state index contributed by atoms with van der Waals surface area (Å²) in [5, 5.41) is 10.5. The minimum atomic E-state index is -0.0522. The summed E-state index contributed by atoms with van der Waals surface area (Å²) < 4.78 is 0. The minimum absolute atomic E-state index is 0.0522. The largest absolute Gasteiger partial charge is 0.393 e. The van der Waals surface area contributed by atoms with E-state index in [1.54, 1.807) is 0 Å². The zero-order valence-electron chi connectivity index (χ0n) is 11.3. The van der Waals surface area contributed by atoms with E-state index in [9.17, 15) is 5.11 Å². The second kappa shape index (κ2) is 2.68. The lowest BCUT2D eigenvalue weighted by Gasteiger charge is -2.57. The fourth-order valence-electron chi connectivity index (χ4n) is 6.00. The molecular formula is C15H26O. The fraction of sp³-hybridized carbons (Fsp3) is 1.00. The van der Waals surface area contributed by atoms with Gasteiger partial charge in [0.2, 0.25) is 0 Å². The van der Waals surface area contributed by atoms with Crippen LogP contribution in [0, 0.1) is 21.7 Å². The standard InChI is InChI=1S/C15H26O/c1-12(2)6-5-7-14(4)13(3)8-9-15(12,14)10-11(13)16/h11,16H,5-10H2,1-4H3/t11-,13-,14+,15+/m1/s1. The zero-order valence-corrected chi connectivity index (χ0v) is 11.3. The molecule has 0 aliphatic heterocycles. The van der Waals surface area contributed by atoms with Crippen molar-refractivity contribution >= 4 is 0 Å². The lowest BCUT2D eigenvalue weighted by molar-refractivity contribution is -0.0830. The third kappa shape index (κ3) is 0.836. The van der Waals surface area contributed by atoms with Crippen molar-refractivity contribution in [3.8, 4) is 0 Å². The summed E-state index contributed by atoms with van der Waals surface area (Å²) in [6.45, 7) is 9.74. The van der Waals surface area contributed by atoms with Crippen molar-refractivity contribution in [1.29, 1.82) is 0 Å². The monoisotopic (exact) mass is 222 g/mol. The third-order valence-electron chi connectivity index (χ3n) is 7.44. The average Bonchev–Trinajstić information content (AvgIpc) is 2.50. The fourth-order valence-corrected chi connectivity index (χ4v) is 6.00. The Morgan fingerprint density at radius 1 is 0.938 bits per heavy atom. The lowest BCUT2D eigenvalue weighted by atomic mass is 9.47. The van der Waals surface area contributed by atoms with Crippen LogP contribution >= 0.6 is 0 Å². The predicted octanol–water partition coefficient (Wildman–Crippen LogP) is 3.75. The van der Waals surface area contributed by atoms with Crippen LogP contribution in [0.1, 0.15) is 66.2 Å². The molecule has 3 rings (SSSR count). The highest BCUT2D eigenvalue weighted by Crippen LogP contribution is 2.80. The van der Waals surface area contributed by atoms with Crippen LogP contribution in [-0.2, 0) is 0 Å². The maximum absolute atomic E-state index is 10.5. The molecule has 0 spiro atoms. The van der Waals surface area contributed by atoms with Crippen LogP contribution < -0.4 is 0 Å². The molecule has 0 aromatic carbocycles. The summed E-state index contributed by atoms with van der Waals surface area (Å²) >= 11 is 0. The Labute approximate surface area is 99.6 Å². The second-order valence-electron chi connectivity index (χ2n) is 7.79. The first-order valence-corrected chi connectivity index (χ1v) is 6.97. The van der Waals surface area contributed by atoms with Crippen molar-refractivity contribution in [3.63, 3.8) is 0 Å². The molecule has 2 bridgehead atoms. The quantitative estimate of drug-likeness (QED) is 0.662. The Morgan fingerprint density at radius 3 is 2.19 bits per heavy atom. The third-order valence-corrected chi connectivity index (χ3v) is 7.44. The molecule has 0 heterocycles. The Bertz CT molecular complexity index is 334. The van der Waals surface area contributed by atoms with Crippen molar-refractivity contribution in [2.75, 3.05) is 0 Å². The molecule has 3 aliphatic carbocycles. The van der Waals surface area contributed by atoms with E-state index >= 15 is 0 Å². The Balaban J connectivity index is 2.18. The van der Waals surface area contributed by atoms with Gasteiger partial charge in [0.25, 0.3) is 0 Å². The predicted molar refractivity (Wildman–Crippen MR) is 66.1 cm³/mol. The number of aliphatic hydroxyl groups is 1. The first-order chi connectivity index (χ1) is 7.29. The Morgan fingerprint density at radius 2 is 1.62 bits per heavy atom. The molecule has 0 aromatic rings. The van der Waals surface area contributed by atoms with Gasteiger partial charge in [-0.3, -0.25) is 0 Å². The molecule has 3 saturated carbocycles. The van der Waals surface area contributed by atoms with Crippen molar-refractivity contribution in [1.82, 2.24) is 0 Å². The van der Waals surface area contributed by atoms with Crippen LogP contribution in [0.4, 0.5) is 0 Å². The van der Waals surface area contributed by atoms with Gasteiger partial charge in [0.15, 0.2) is 0 Å². The molecule has 1 nitrogen and oxygen atoms in total. The first-order valence-electron chi connectivity index (χ1n) is 6.97. The SMILES string of the molecule is CC1(C)CCC[C@]2(C)[C@]13CC[C@]2(C)[C@H](O)C3. The van der Waals surface area contributed by atoms with E-state index in [1.807, 2.05) is 0 Å². The molecule has 92 valence electrons. The maximum atomic E-state index is 10.5. The maximum Gasteiger partial charge on any atom is 0.0604 e. The van der Waals surface area contributed by atoms with E-state index in [2.05, 4.69) is 27.7 Å². The van der Waals surface area contributed by atoms with Gasteiger partial charge in [0, 0.05) is 0 Å². The zero-order chi connectivity index (χ0) is 11.8. The van der Waals surface area contributed by atoms with Gasteiger partial charge in [-0.1, -0.05) is 34.1 Å². The van der Waals surface area contributed by atoms with Gasteiger partial charge in [-0.25, -0.2) is 0 Å². The van der Waals surface area contributed by atoms with Crippen LogP contribution in [0.15, 0.2) is 0 Å².